The Morgan fingerprint density at radius 2 is 1.88 bits per heavy atom. The molecule has 0 heterocycles. The van der Waals surface area contributed by atoms with Crippen molar-refractivity contribution in [1.29, 1.82) is 0 Å². The zero-order chi connectivity index (χ0) is 23.7. The number of benzene rings is 1. The van der Waals surface area contributed by atoms with Gasteiger partial charge in [-0.05, 0) is 42.9 Å². The number of nitrogens with zero attached hydrogens (tertiary/aromatic N) is 1. The van der Waals surface area contributed by atoms with Gasteiger partial charge < -0.3 is 10.2 Å². The van der Waals surface area contributed by atoms with Crippen LogP contribution in [0.3, 0.4) is 0 Å². The average Bonchev–Trinajstić information content (AvgIpc) is 2.70. The predicted molar refractivity (Wildman–Crippen MR) is 122 cm³/mol. The number of nitrogens with one attached hydrogen (secondary N) is 1. The van der Waals surface area contributed by atoms with Crippen molar-refractivity contribution in [3.63, 3.8) is 0 Å². The van der Waals surface area contributed by atoms with E-state index in [1.807, 2.05) is 32.9 Å². The van der Waals surface area contributed by atoms with Crippen LogP contribution >= 0.6 is 11.6 Å². The molecule has 7 nitrogen and oxygen atoms in total. The molecule has 1 amide bonds. The van der Waals surface area contributed by atoms with Gasteiger partial charge in [-0.3, -0.25) is 14.4 Å². The van der Waals surface area contributed by atoms with Crippen LogP contribution in [0.1, 0.15) is 57.9 Å². The number of carbonyl (C=O) groups is 3. The summed E-state index contributed by atoms with van der Waals surface area (Å²) in [6.07, 6.45) is 3.52. The molecule has 0 spiro atoms. The number of carboxylic acid groups (broad SMARTS) is 1. The molecule has 3 N–H and O–H groups in total. The maximum atomic E-state index is 13.0. The summed E-state index contributed by atoms with van der Waals surface area (Å²) in [4.78, 5) is 37.5. The van der Waals surface area contributed by atoms with Crippen molar-refractivity contribution in [2.75, 3.05) is 0 Å². The van der Waals surface area contributed by atoms with Gasteiger partial charge in [-0.2, -0.15) is 5.10 Å². The Hall–Kier alpha value is -2.93. The summed E-state index contributed by atoms with van der Waals surface area (Å²) in [5.74, 6) is -2.64. The summed E-state index contributed by atoms with van der Waals surface area (Å²) in [6, 6.07) is 7.11. The first-order chi connectivity index (χ1) is 14.9. The second-order valence-electron chi connectivity index (χ2n) is 9.35. The number of hydrogen-bond donors (Lipinski definition) is 3. The third-order valence-corrected chi connectivity index (χ3v) is 6.50. The van der Waals surface area contributed by atoms with Crippen LogP contribution in [0.4, 0.5) is 0 Å². The number of aliphatic hydroxyl groups is 1. The minimum Gasteiger partial charge on any atom is -0.511 e. The highest BCUT2D eigenvalue weighted by molar-refractivity contribution is 6.30. The number of Topliss-reactive ketones (excluding diaryl/α,β-unsaturated/α-hetero) is 1. The molecular weight excluding hydrogens is 432 g/mol. The molecule has 0 aromatic heterocycles. The van der Waals surface area contributed by atoms with Gasteiger partial charge in [-0.1, -0.05) is 49.2 Å². The number of allylic oxidation sites excluding steroid dienone is 4. The molecule has 1 aromatic carbocycles. The molecule has 0 unspecified atom stereocenters. The van der Waals surface area contributed by atoms with Gasteiger partial charge in [0.2, 0.25) is 0 Å². The molecule has 2 atom stereocenters. The molecule has 3 rings (SSSR count). The number of carbonyl (C=O) groups excluding carboxylic acids is 2. The molecule has 8 heteroatoms. The largest absolute Gasteiger partial charge is 0.511 e. The molecule has 0 saturated heterocycles. The van der Waals surface area contributed by atoms with Gasteiger partial charge in [0.05, 0.1) is 11.8 Å². The fourth-order valence-electron chi connectivity index (χ4n) is 4.31. The van der Waals surface area contributed by atoms with Gasteiger partial charge in [0.1, 0.15) is 5.76 Å². The molecule has 0 fully saturated rings. The fraction of sp³-hybridized carbons (Fsp3) is 0.417. The molecule has 0 aliphatic heterocycles. The lowest BCUT2D eigenvalue weighted by Crippen LogP contribution is -2.47. The van der Waals surface area contributed by atoms with Gasteiger partial charge in [0, 0.05) is 23.8 Å². The smallest absolute Gasteiger partial charge is 0.319 e. The van der Waals surface area contributed by atoms with Crippen molar-refractivity contribution in [3.05, 3.63) is 57.8 Å². The quantitative estimate of drug-likeness (QED) is 0.259. The summed E-state index contributed by atoms with van der Waals surface area (Å²) in [7, 11) is 0. The van der Waals surface area contributed by atoms with Crippen molar-refractivity contribution in [1.82, 2.24) is 5.43 Å². The highest BCUT2D eigenvalue weighted by Gasteiger charge is 2.49. The van der Waals surface area contributed by atoms with Crippen LogP contribution in [-0.4, -0.2) is 34.1 Å². The Morgan fingerprint density at radius 1 is 1.22 bits per heavy atom. The first-order valence-corrected chi connectivity index (χ1v) is 10.8. The fourth-order valence-corrected chi connectivity index (χ4v) is 4.44. The molecule has 32 heavy (non-hydrogen) atoms. The first kappa shape index (κ1) is 23.7. The van der Waals surface area contributed by atoms with Crippen LogP contribution in [-0.2, 0) is 14.4 Å². The molecule has 2 aliphatic rings. The number of amides is 1. The van der Waals surface area contributed by atoms with Crippen molar-refractivity contribution in [2.24, 2.45) is 15.9 Å². The number of aliphatic carboxylic acids is 1. The van der Waals surface area contributed by atoms with Crippen molar-refractivity contribution < 1.29 is 24.6 Å². The number of hydrogen-bond acceptors (Lipinski definition) is 5. The van der Waals surface area contributed by atoms with E-state index in [0.717, 1.165) is 17.4 Å². The van der Waals surface area contributed by atoms with Gasteiger partial charge >= 0.3 is 5.97 Å². The van der Waals surface area contributed by atoms with E-state index in [1.165, 1.54) is 0 Å². The number of rotatable bonds is 5. The Balaban J connectivity index is 1.81. The summed E-state index contributed by atoms with van der Waals surface area (Å²) in [5.41, 5.74) is 2.10. The molecule has 0 radical (unpaired) electrons. The number of ketones is 1. The van der Waals surface area contributed by atoms with Crippen LogP contribution in [0, 0.1) is 10.8 Å². The lowest BCUT2D eigenvalue weighted by molar-refractivity contribution is -0.157. The van der Waals surface area contributed by atoms with Crippen molar-refractivity contribution in [3.8, 4) is 0 Å². The number of carboxylic acids is 1. The third kappa shape index (κ3) is 4.78. The highest BCUT2D eigenvalue weighted by Crippen LogP contribution is 2.44. The summed E-state index contributed by atoms with van der Waals surface area (Å²) in [6.45, 7) is 5.67. The topological polar surface area (TPSA) is 116 Å². The van der Waals surface area contributed by atoms with E-state index in [4.69, 9.17) is 11.6 Å². The molecular formula is C24H27ClN2O5. The van der Waals surface area contributed by atoms with Gasteiger partial charge in [0.25, 0.3) is 5.91 Å². The van der Waals surface area contributed by atoms with Crippen LogP contribution in [0.15, 0.2) is 52.3 Å². The number of aliphatic hydroxyl groups excluding tert-OH is 1. The Bertz CT molecular complexity index is 1040. The summed E-state index contributed by atoms with van der Waals surface area (Å²) >= 11 is 5.97. The second-order valence-corrected chi connectivity index (χ2v) is 9.78. The van der Waals surface area contributed by atoms with Gasteiger partial charge in [-0.15, -0.1) is 0 Å². The average molecular weight is 459 g/mol. The minimum atomic E-state index is -1.71. The highest BCUT2D eigenvalue weighted by atomic mass is 35.5. The van der Waals surface area contributed by atoms with E-state index in [1.54, 1.807) is 18.2 Å². The van der Waals surface area contributed by atoms with E-state index < -0.39 is 17.3 Å². The van der Waals surface area contributed by atoms with Crippen LogP contribution in [0.2, 0.25) is 5.02 Å². The Labute approximate surface area is 191 Å². The van der Waals surface area contributed by atoms with Crippen LogP contribution < -0.4 is 5.43 Å². The van der Waals surface area contributed by atoms with Crippen LogP contribution in [0.5, 0.6) is 0 Å². The summed E-state index contributed by atoms with van der Waals surface area (Å²) < 4.78 is 0. The molecule has 0 saturated carbocycles. The Morgan fingerprint density at radius 3 is 2.47 bits per heavy atom. The first-order valence-electron chi connectivity index (χ1n) is 10.4. The van der Waals surface area contributed by atoms with Crippen molar-refractivity contribution in [2.45, 2.75) is 52.4 Å². The maximum Gasteiger partial charge on any atom is 0.319 e. The SMILES string of the molecule is CC1=CC[C@](C(=O)O)(C(=O)N/N=C\C2=C(O)CC(C)(C)CC2=O)C[C@H]1c1ccc(Cl)cc1. The van der Waals surface area contributed by atoms with E-state index in [0.29, 0.717) is 11.4 Å². The number of halogens is 1. The number of hydrazone groups is 1. The van der Waals surface area contributed by atoms with Crippen LogP contribution in [0.25, 0.3) is 0 Å². The zero-order valence-electron chi connectivity index (χ0n) is 18.3. The standard InChI is InChI=1S/C24H27ClN2O5/c1-14-8-9-24(22(31)32,10-17(14)15-4-6-16(25)7-5-15)21(30)27-26-13-18-19(28)11-23(2,3)12-20(18)29/h4-8,13,17,28H,9-12H2,1-3H3,(H,27,30)(H,31,32)/b26-13-/t17-,24-/m1/s1. The molecule has 2 aliphatic carbocycles. The summed E-state index contributed by atoms with van der Waals surface area (Å²) in [5, 5.41) is 24.5. The normalized spacial score (nSPS) is 25.6. The van der Waals surface area contributed by atoms with E-state index in [2.05, 4.69) is 10.5 Å². The monoisotopic (exact) mass is 458 g/mol. The van der Waals surface area contributed by atoms with Gasteiger partial charge in [0.15, 0.2) is 11.2 Å². The maximum absolute atomic E-state index is 13.0. The Kier molecular flexibility index (Phi) is 6.60. The van der Waals surface area contributed by atoms with Crippen molar-refractivity contribution >= 4 is 35.5 Å². The molecule has 1 aromatic rings. The van der Waals surface area contributed by atoms with E-state index in [-0.39, 0.29) is 47.7 Å². The predicted octanol–water partition coefficient (Wildman–Crippen LogP) is 4.54. The van der Waals surface area contributed by atoms with Gasteiger partial charge in [-0.25, -0.2) is 5.43 Å². The van der Waals surface area contributed by atoms with E-state index in [9.17, 15) is 24.6 Å². The van der Waals surface area contributed by atoms with E-state index >= 15 is 0 Å². The minimum absolute atomic E-state index is 0.0284. The lowest BCUT2D eigenvalue weighted by atomic mass is 9.68. The lowest BCUT2D eigenvalue weighted by Gasteiger charge is -2.35. The zero-order valence-corrected chi connectivity index (χ0v) is 19.1. The molecule has 0 bridgehead atoms. The third-order valence-electron chi connectivity index (χ3n) is 6.25. The second kappa shape index (κ2) is 8.90. The molecule has 170 valence electrons.